The topological polar surface area (TPSA) is 43.6 Å². The molecule has 2 aromatic heterocycles. The quantitative estimate of drug-likeness (QED) is 0.764. The number of fused-ring (bicyclic) bond motifs is 1. The monoisotopic (exact) mass is 236 g/mol. The van der Waals surface area contributed by atoms with Crippen LogP contribution in [0.1, 0.15) is 16.1 Å². The van der Waals surface area contributed by atoms with Crippen molar-refractivity contribution in [3.63, 3.8) is 0 Å². The minimum absolute atomic E-state index is 0.355. The van der Waals surface area contributed by atoms with E-state index < -0.39 is 0 Å². The first-order valence-corrected chi connectivity index (χ1v) is 6.19. The first kappa shape index (κ1) is 11.0. The number of carbonyl (C=O) groups is 1. The molecule has 0 aliphatic carbocycles. The zero-order chi connectivity index (χ0) is 11.5. The smallest absolute Gasteiger partial charge is 0.341 e. The van der Waals surface area contributed by atoms with Crippen LogP contribution in [0.3, 0.4) is 0 Å². The zero-order valence-corrected chi connectivity index (χ0v) is 9.95. The standard InChI is InChI=1S/C11H12N2O2S/c1-15-11(14)9-4-3-5-13-8(7-16-2)6-12-10(9)13/h3-6H,7H2,1-2H3. The van der Waals surface area contributed by atoms with E-state index in [1.807, 2.05) is 22.9 Å². The van der Waals surface area contributed by atoms with E-state index in [0.717, 1.165) is 11.4 Å². The van der Waals surface area contributed by atoms with Gasteiger partial charge in [0.1, 0.15) is 5.56 Å². The molecule has 0 radical (unpaired) electrons. The van der Waals surface area contributed by atoms with E-state index >= 15 is 0 Å². The van der Waals surface area contributed by atoms with Gasteiger partial charge in [0.25, 0.3) is 0 Å². The van der Waals surface area contributed by atoms with Crippen LogP contribution in [0, 0.1) is 0 Å². The number of hydrogen-bond donors (Lipinski definition) is 0. The maximum atomic E-state index is 11.5. The predicted molar refractivity (Wildman–Crippen MR) is 63.8 cm³/mol. The van der Waals surface area contributed by atoms with Crippen LogP contribution in [0.5, 0.6) is 0 Å². The molecule has 0 aromatic carbocycles. The summed E-state index contributed by atoms with van der Waals surface area (Å²) in [4.78, 5) is 15.8. The van der Waals surface area contributed by atoms with Gasteiger partial charge in [-0.3, -0.25) is 0 Å². The minimum atomic E-state index is -0.355. The van der Waals surface area contributed by atoms with Crippen molar-refractivity contribution in [1.29, 1.82) is 0 Å². The van der Waals surface area contributed by atoms with Crippen molar-refractivity contribution in [2.75, 3.05) is 13.4 Å². The molecule has 2 rings (SSSR count). The molecule has 0 atom stereocenters. The Morgan fingerprint density at radius 3 is 3.12 bits per heavy atom. The maximum Gasteiger partial charge on any atom is 0.341 e. The molecule has 2 heterocycles. The summed E-state index contributed by atoms with van der Waals surface area (Å²) in [5, 5.41) is 0. The molecular formula is C11H12N2O2S. The normalized spacial score (nSPS) is 10.6. The van der Waals surface area contributed by atoms with Crippen molar-refractivity contribution in [2.24, 2.45) is 0 Å². The summed E-state index contributed by atoms with van der Waals surface area (Å²) in [6.07, 6.45) is 5.72. The largest absolute Gasteiger partial charge is 0.465 e. The third-order valence-electron chi connectivity index (χ3n) is 2.31. The summed E-state index contributed by atoms with van der Waals surface area (Å²) in [7, 11) is 1.37. The number of methoxy groups -OCH3 is 1. The average molecular weight is 236 g/mol. The number of rotatable bonds is 3. The lowest BCUT2D eigenvalue weighted by Gasteiger charge is -2.03. The van der Waals surface area contributed by atoms with Crippen LogP contribution in [0.25, 0.3) is 5.65 Å². The second-order valence-electron chi connectivity index (χ2n) is 3.29. The second-order valence-corrected chi connectivity index (χ2v) is 4.16. The molecule has 5 heteroatoms. The number of nitrogens with zero attached hydrogens (tertiary/aromatic N) is 2. The van der Waals surface area contributed by atoms with Gasteiger partial charge in [0.2, 0.25) is 0 Å². The van der Waals surface area contributed by atoms with Crippen LogP contribution in [0.2, 0.25) is 0 Å². The SMILES string of the molecule is COC(=O)c1cccn2c(CSC)cnc12. The highest BCUT2D eigenvalue weighted by Crippen LogP contribution is 2.16. The summed E-state index contributed by atoms with van der Waals surface area (Å²) in [5.74, 6) is 0.512. The zero-order valence-electron chi connectivity index (χ0n) is 9.14. The van der Waals surface area contributed by atoms with Crippen LogP contribution in [-0.2, 0) is 10.5 Å². The number of aromatic nitrogens is 2. The first-order chi connectivity index (χ1) is 7.77. The summed E-state index contributed by atoms with van der Waals surface area (Å²) in [6, 6.07) is 3.54. The van der Waals surface area contributed by atoms with E-state index in [1.54, 1.807) is 24.0 Å². The van der Waals surface area contributed by atoms with Gasteiger partial charge in [-0.25, -0.2) is 9.78 Å². The van der Waals surface area contributed by atoms with E-state index in [2.05, 4.69) is 4.98 Å². The fourth-order valence-corrected chi connectivity index (χ4v) is 2.09. The second kappa shape index (κ2) is 4.57. The van der Waals surface area contributed by atoms with Crippen LogP contribution in [-0.4, -0.2) is 28.7 Å². The Morgan fingerprint density at radius 1 is 1.62 bits per heavy atom. The number of carbonyl (C=O) groups excluding carboxylic acids is 1. The van der Waals surface area contributed by atoms with Gasteiger partial charge in [0.05, 0.1) is 19.0 Å². The molecule has 0 saturated heterocycles. The molecule has 0 spiro atoms. The van der Waals surface area contributed by atoms with Crippen molar-refractivity contribution in [2.45, 2.75) is 5.75 Å². The Balaban J connectivity index is 2.57. The first-order valence-electron chi connectivity index (χ1n) is 4.80. The highest BCUT2D eigenvalue weighted by molar-refractivity contribution is 7.97. The number of esters is 1. The van der Waals surface area contributed by atoms with Crippen molar-refractivity contribution in [3.8, 4) is 0 Å². The molecule has 4 nitrogen and oxygen atoms in total. The van der Waals surface area contributed by atoms with Crippen LogP contribution in [0.4, 0.5) is 0 Å². The van der Waals surface area contributed by atoms with Crippen molar-refractivity contribution in [3.05, 3.63) is 35.8 Å². The van der Waals surface area contributed by atoms with Gasteiger partial charge in [0.15, 0.2) is 5.65 Å². The Morgan fingerprint density at radius 2 is 2.44 bits per heavy atom. The van der Waals surface area contributed by atoms with E-state index in [9.17, 15) is 4.79 Å². The Labute approximate surface area is 97.6 Å². The number of imidazole rings is 1. The molecule has 0 unspecified atom stereocenters. The van der Waals surface area contributed by atoms with Gasteiger partial charge in [-0.1, -0.05) is 0 Å². The van der Waals surface area contributed by atoms with E-state index in [1.165, 1.54) is 7.11 Å². The Bertz CT molecular complexity index is 522. The Kier molecular flexibility index (Phi) is 3.14. The lowest BCUT2D eigenvalue weighted by atomic mass is 10.3. The molecule has 2 aromatic rings. The molecule has 0 aliphatic heterocycles. The van der Waals surface area contributed by atoms with Crippen LogP contribution < -0.4 is 0 Å². The lowest BCUT2D eigenvalue weighted by molar-refractivity contribution is 0.0602. The molecule has 84 valence electrons. The third-order valence-corrected chi connectivity index (χ3v) is 2.89. The maximum absolute atomic E-state index is 11.5. The van der Waals surface area contributed by atoms with Gasteiger partial charge in [-0.2, -0.15) is 11.8 Å². The molecule has 0 aliphatic rings. The van der Waals surface area contributed by atoms with E-state index in [0.29, 0.717) is 11.2 Å². The number of pyridine rings is 1. The van der Waals surface area contributed by atoms with Crippen molar-refractivity contribution in [1.82, 2.24) is 9.38 Å². The minimum Gasteiger partial charge on any atom is -0.465 e. The van der Waals surface area contributed by atoms with E-state index in [-0.39, 0.29) is 5.97 Å². The predicted octanol–water partition coefficient (Wildman–Crippen LogP) is 1.98. The fourth-order valence-electron chi connectivity index (χ4n) is 1.59. The summed E-state index contributed by atoms with van der Waals surface area (Å²) < 4.78 is 6.64. The van der Waals surface area contributed by atoms with Gasteiger partial charge in [-0.15, -0.1) is 0 Å². The van der Waals surface area contributed by atoms with Crippen LogP contribution in [0.15, 0.2) is 24.5 Å². The van der Waals surface area contributed by atoms with Gasteiger partial charge < -0.3 is 9.14 Å². The van der Waals surface area contributed by atoms with Crippen molar-refractivity contribution >= 4 is 23.4 Å². The molecule has 0 N–H and O–H groups in total. The number of thioether (sulfide) groups is 1. The summed E-state index contributed by atoms with van der Waals surface area (Å²) in [5.41, 5.74) is 2.23. The summed E-state index contributed by atoms with van der Waals surface area (Å²) >= 11 is 1.72. The van der Waals surface area contributed by atoms with Gasteiger partial charge >= 0.3 is 5.97 Å². The summed E-state index contributed by atoms with van der Waals surface area (Å²) in [6.45, 7) is 0. The highest BCUT2D eigenvalue weighted by atomic mass is 32.2. The van der Waals surface area contributed by atoms with E-state index in [4.69, 9.17) is 4.74 Å². The van der Waals surface area contributed by atoms with Gasteiger partial charge in [-0.05, 0) is 18.4 Å². The average Bonchev–Trinajstić information content (AvgIpc) is 2.72. The molecule has 16 heavy (non-hydrogen) atoms. The molecule has 0 bridgehead atoms. The van der Waals surface area contributed by atoms with Crippen LogP contribution >= 0.6 is 11.8 Å². The van der Waals surface area contributed by atoms with Crippen molar-refractivity contribution < 1.29 is 9.53 Å². The molecule has 0 fully saturated rings. The third kappa shape index (κ3) is 1.78. The molecule has 0 amide bonds. The highest BCUT2D eigenvalue weighted by Gasteiger charge is 2.13. The Hall–Kier alpha value is -1.49. The number of hydrogen-bond acceptors (Lipinski definition) is 4. The molecule has 0 saturated carbocycles. The number of ether oxygens (including phenoxy) is 1. The lowest BCUT2D eigenvalue weighted by Crippen LogP contribution is -2.04. The molecular weight excluding hydrogens is 224 g/mol. The fraction of sp³-hybridized carbons (Fsp3) is 0.273. The van der Waals surface area contributed by atoms with Gasteiger partial charge in [0, 0.05) is 11.9 Å².